The average molecular weight is 412 g/mol. The first-order valence-electron chi connectivity index (χ1n) is 9.80. The molecule has 2 heterocycles. The van der Waals surface area contributed by atoms with E-state index in [1.54, 1.807) is 34.6 Å². The van der Waals surface area contributed by atoms with Crippen LogP contribution in [0.5, 0.6) is 0 Å². The second-order valence-electron chi connectivity index (χ2n) is 8.87. The standard InChI is InChI=1S/C22H28N4O4/c1-21(2,3)30-20(29)25-16(10-13-11-23-15-9-7-6-8-14(13)15)18-24-12-17(26-18)22(4,5)19(27)28/h6-9,11-12,16,23H,10H2,1-5H3,(H,24,26)(H,25,29)(H,27,28)/t16-/m0/s1. The van der Waals surface area contributed by atoms with Gasteiger partial charge in [0.25, 0.3) is 0 Å². The molecule has 1 amide bonds. The maximum atomic E-state index is 12.5. The molecule has 0 radical (unpaired) electrons. The molecule has 4 N–H and O–H groups in total. The third-order valence-electron chi connectivity index (χ3n) is 4.92. The second-order valence-corrected chi connectivity index (χ2v) is 8.87. The number of hydrogen-bond donors (Lipinski definition) is 4. The Labute approximate surface area is 175 Å². The van der Waals surface area contributed by atoms with Gasteiger partial charge in [-0.1, -0.05) is 18.2 Å². The van der Waals surface area contributed by atoms with Crippen LogP contribution in [0.1, 0.15) is 57.7 Å². The van der Waals surface area contributed by atoms with Crippen molar-refractivity contribution in [2.45, 2.75) is 58.1 Å². The van der Waals surface area contributed by atoms with Gasteiger partial charge in [-0.2, -0.15) is 0 Å². The monoisotopic (exact) mass is 412 g/mol. The van der Waals surface area contributed by atoms with Gasteiger partial charge in [0.1, 0.15) is 16.8 Å². The zero-order valence-electron chi connectivity index (χ0n) is 17.9. The summed E-state index contributed by atoms with van der Waals surface area (Å²) in [6, 6.07) is 7.36. The topological polar surface area (TPSA) is 120 Å². The number of ether oxygens (including phenoxy) is 1. The summed E-state index contributed by atoms with van der Waals surface area (Å²) in [5.41, 5.74) is 0.676. The highest BCUT2D eigenvalue weighted by molar-refractivity contribution is 5.83. The van der Waals surface area contributed by atoms with Crippen molar-refractivity contribution in [3.8, 4) is 0 Å². The van der Waals surface area contributed by atoms with Crippen molar-refractivity contribution in [1.29, 1.82) is 0 Å². The minimum atomic E-state index is -1.14. The summed E-state index contributed by atoms with van der Waals surface area (Å²) < 4.78 is 5.42. The number of fused-ring (bicyclic) bond motifs is 1. The van der Waals surface area contributed by atoms with Gasteiger partial charge in [0, 0.05) is 29.7 Å². The molecule has 0 bridgehead atoms. The number of nitrogens with zero attached hydrogens (tertiary/aromatic N) is 1. The fourth-order valence-electron chi connectivity index (χ4n) is 3.13. The van der Waals surface area contributed by atoms with Gasteiger partial charge in [-0.3, -0.25) is 4.79 Å². The molecular formula is C22H28N4O4. The number of aliphatic carboxylic acids is 1. The Hall–Kier alpha value is -3.29. The van der Waals surface area contributed by atoms with Crippen molar-refractivity contribution in [1.82, 2.24) is 20.3 Å². The Kier molecular flexibility index (Phi) is 5.61. The number of imidazole rings is 1. The molecule has 0 aliphatic carbocycles. The van der Waals surface area contributed by atoms with E-state index in [2.05, 4.69) is 20.3 Å². The minimum Gasteiger partial charge on any atom is -0.481 e. The van der Waals surface area contributed by atoms with E-state index < -0.39 is 29.1 Å². The predicted molar refractivity (Wildman–Crippen MR) is 113 cm³/mol. The Balaban J connectivity index is 1.93. The fourth-order valence-corrected chi connectivity index (χ4v) is 3.13. The molecule has 2 aromatic heterocycles. The van der Waals surface area contributed by atoms with E-state index >= 15 is 0 Å². The van der Waals surface area contributed by atoms with Crippen LogP contribution in [-0.2, 0) is 21.4 Å². The molecule has 0 unspecified atom stereocenters. The Morgan fingerprint density at radius 2 is 1.90 bits per heavy atom. The van der Waals surface area contributed by atoms with Gasteiger partial charge in [-0.05, 0) is 46.2 Å². The zero-order chi connectivity index (χ0) is 22.1. The predicted octanol–water partition coefficient (Wildman–Crippen LogP) is 4.06. The van der Waals surface area contributed by atoms with Gasteiger partial charge in [0.05, 0.1) is 11.7 Å². The number of H-pyrrole nitrogens is 2. The highest BCUT2D eigenvalue weighted by Crippen LogP contribution is 2.27. The number of hydrogen-bond acceptors (Lipinski definition) is 4. The number of carbonyl (C=O) groups is 2. The molecule has 3 aromatic rings. The number of amides is 1. The van der Waals surface area contributed by atoms with Crippen molar-refractivity contribution in [3.05, 3.63) is 53.7 Å². The number of carboxylic acid groups (broad SMARTS) is 1. The molecule has 8 nitrogen and oxygen atoms in total. The molecule has 0 spiro atoms. The van der Waals surface area contributed by atoms with Crippen LogP contribution in [0.2, 0.25) is 0 Å². The number of aromatic amines is 2. The number of alkyl carbamates (subject to hydrolysis) is 1. The van der Waals surface area contributed by atoms with Crippen LogP contribution >= 0.6 is 0 Å². The van der Waals surface area contributed by atoms with Gasteiger partial charge >= 0.3 is 12.1 Å². The van der Waals surface area contributed by atoms with Gasteiger partial charge in [0.15, 0.2) is 0 Å². The van der Waals surface area contributed by atoms with Gasteiger partial charge in [-0.25, -0.2) is 9.78 Å². The molecule has 0 saturated heterocycles. The molecule has 0 saturated carbocycles. The van der Waals surface area contributed by atoms with Crippen molar-refractivity contribution in [2.24, 2.45) is 0 Å². The summed E-state index contributed by atoms with van der Waals surface area (Å²) >= 11 is 0. The first kappa shape index (κ1) is 21.4. The molecule has 1 atom stereocenters. The second kappa shape index (κ2) is 7.85. The minimum absolute atomic E-state index is 0.448. The smallest absolute Gasteiger partial charge is 0.408 e. The normalized spacial score (nSPS) is 13.2. The fraction of sp³-hybridized carbons (Fsp3) is 0.409. The molecule has 8 heteroatoms. The van der Waals surface area contributed by atoms with E-state index in [0.717, 1.165) is 16.5 Å². The maximum Gasteiger partial charge on any atom is 0.408 e. The third-order valence-corrected chi connectivity index (χ3v) is 4.92. The van der Waals surface area contributed by atoms with Crippen LogP contribution in [0.25, 0.3) is 10.9 Å². The summed E-state index contributed by atoms with van der Waals surface area (Å²) in [7, 11) is 0. The van der Waals surface area contributed by atoms with Crippen LogP contribution in [0, 0.1) is 0 Å². The van der Waals surface area contributed by atoms with Crippen molar-refractivity contribution >= 4 is 23.0 Å². The van der Waals surface area contributed by atoms with E-state index in [-0.39, 0.29) is 0 Å². The largest absolute Gasteiger partial charge is 0.481 e. The third kappa shape index (κ3) is 4.64. The Bertz CT molecular complexity index is 1060. The lowest BCUT2D eigenvalue weighted by molar-refractivity contribution is -0.142. The lowest BCUT2D eigenvalue weighted by atomic mass is 9.90. The van der Waals surface area contributed by atoms with Crippen molar-refractivity contribution < 1.29 is 19.4 Å². The molecule has 30 heavy (non-hydrogen) atoms. The number of rotatable bonds is 6. The van der Waals surface area contributed by atoms with Crippen molar-refractivity contribution in [3.63, 3.8) is 0 Å². The number of carbonyl (C=O) groups excluding carboxylic acids is 1. The van der Waals surface area contributed by atoms with E-state index in [1.807, 2.05) is 30.5 Å². The summed E-state index contributed by atoms with van der Waals surface area (Å²) in [5, 5.41) is 13.4. The van der Waals surface area contributed by atoms with Crippen LogP contribution in [-0.4, -0.2) is 37.7 Å². The molecule has 0 aliphatic heterocycles. The summed E-state index contributed by atoms with van der Waals surface area (Å²) in [6.45, 7) is 8.58. The van der Waals surface area contributed by atoms with Crippen molar-refractivity contribution in [2.75, 3.05) is 0 Å². The molecule has 3 rings (SSSR count). The average Bonchev–Trinajstić information content (AvgIpc) is 3.27. The molecule has 0 fully saturated rings. The zero-order valence-corrected chi connectivity index (χ0v) is 17.9. The summed E-state index contributed by atoms with van der Waals surface area (Å²) in [4.78, 5) is 34.8. The summed E-state index contributed by atoms with van der Waals surface area (Å²) in [6.07, 6.45) is 3.29. The van der Waals surface area contributed by atoms with Gasteiger partial charge in [0.2, 0.25) is 0 Å². The lowest BCUT2D eigenvalue weighted by Gasteiger charge is -2.23. The lowest BCUT2D eigenvalue weighted by Crippen LogP contribution is -2.36. The molecule has 160 valence electrons. The van der Waals surface area contributed by atoms with Crippen LogP contribution in [0.4, 0.5) is 4.79 Å². The maximum absolute atomic E-state index is 12.5. The number of carboxylic acids is 1. The number of para-hydroxylation sites is 1. The number of benzene rings is 1. The van der Waals surface area contributed by atoms with Gasteiger partial charge in [-0.15, -0.1) is 0 Å². The highest BCUT2D eigenvalue weighted by Gasteiger charge is 2.33. The number of nitrogens with one attached hydrogen (secondary N) is 3. The van der Waals surface area contributed by atoms with E-state index in [1.165, 1.54) is 6.20 Å². The SMILES string of the molecule is CC(C)(C)OC(=O)N[C@@H](Cc1c[nH]c2ccccc12)c1ncc(C(C)(C)C(=O)O)[nH]1. The van der Waals surface area contributed by atoms with Crippen LogP contribution < -0.4 is 5.32 Å². The molecular weight excluding hydrogens is 384 g/mol. The quantitative estimate of drug-likeness (QED) is 0.487. The first-order valence-corrected chi connectivity index (χ1v) is 9.80. The Morgan fingerprint density at radius 1 is 1.20 bits per heavy atom. The highest BCUT2D eigenvalue weighted by atomic mass is 16.6. The van der Waals surface area contributed by atoms with E-state index in [4.69, 9.17) is 4.74 Å². The van der Waals surface area contributed by atoms with Crippen LogP contribution in [0.15, 0.2) is 36.7 Å². The van der Waals surface area contributed by atoms with E-state index in [9.17, 15) is 14.7 Å². The Morgan fingerprint density at radius 3 is 2.57 bits per heavy atom. The van der Waals surface area contributed by atoms with E-state index in [0.29, 0.717) is 17.9 Å². The molecule has 0 aliphatic rings. The van der Waals surface area contributed by atoms with Crippen LogP contribution in [0.3, 0.4) is 0 Å². The van der Waals surface area contributed by atoms with Gasteiger partial charge < -0.3 is 25.1 Å². The molecule has 1 aromatic carbocycles. The summed E-state index contributed by atoms with van der Waals surface area (Å²) in [5.74, 6) is -0.499. The first-order chi connectivity index (χ1) is 14.0. The number of aromatic nitrogens is 3.